The summed E-state index contributed by atoms with van der Waals surface area (Å²) in [6.07, 6.45) is -0.948. The topological polar surface area (TPSA) is 32.3 Å². The zero-order valence-corrected chi connectivity index (χ0v) is 9.01. The first-order chi connectivity index (χ1) is 7.15. The first kappa shape index (κ1) is 12.4. The van der Waals surface area contributed by atoms with Crippen LogP contribution in [-0.2, 0) is 4.79 Å². The van der Waals surface area contributed by atoms with Crippen molar-refractivity contribution in [3.63, 3.8) is 0 Å². The van der Waals surface area contributed by atoms with Gasteiger partial charge in [-0.05, 0) is 19.4 Å². The predicted octanol–water partition coefficient (Wildman–Crippen LogP) is 1.10. The SMILES string of the molecule is CCCN(CC(F)F)C(=O)[C@H]1CCNC1. The molecule has 1 amide bonds. The van der Waals surface area contributed by atoms with Gasteiger partial charge in [0.2, 0.25) is 5.91 Å². The van der Waals surface area contributed by atoms with Crippen molar-refractivity contribution in [2.24, 2.45) is 5.92 Å². The summed E-state index contributed by atoms with van der Waals surface area (Å²) < 4.78 is 24.5. The molecule has 1 rings (SSSR count). The van der Waals surface area contributed by atoms with Crippen LogP contribution in [0.25, 0.3) is 0 Å². The maximum Gasteiger partial charge on any atom is 0.255 e. The number of carbonyl (C=O) groups excluding carboxylic acids is 1. The van der Waals surface area contributed by atoms with E-state index in [0.29, 0.717) is 13.1 Å². The molecule has 1 fully saturated rings. The molecule has 0 aromatic rings. The van der Waals surface area contributed by atoms with Crippen LogP contribution >= 0.6 is 0 Å². The Morgan fingerprint density at radius 1 is 1.60 bits per heavy atom. The zero-order chi connectivity index (χ0) is 11.3. The summed E-state index contributed by atoms with van der Waals surface area (Å²) in [4.78, 5) is 13.1. The number of halogens is 2. The molecule has 0 aliphatic carbocycles. The van der Waals surface area contributed by atoms with E-state index in [-0.39, 0.29) is 11.8 Å². The highest BCUT2D eigenvalue weighted by Gasteiger charge is 2.27. The van der Waals surface area contributed by atoms with Crippen molar-refractivity contribution >= 4 is 5.91 Å². The maximum atomic E-state index is 12.2. The summed E-state index contributed by atoms with van der Waals surface area (Å²) >= 11 is 0. The molecule has 0 radical (unpaired) electrons. The second-order valence-corrected chi connectivity index (χ2v) is 3.87. The molecule has 1 atom stereocenters. The van der Waals surface area contributed by atoms with E-state index < -0.39 is 13.0 Å². The van der Waals surface area contributed by atoms with Gasteiger partial charge in [0.1, 0.15) is 0 Å². The average Bonchev–Trinajstić information content (AvgIpc) is 2.68. The fraction of sp³-hybridized carbons (Fsp3) is 0.900. The Bertz CT molecular complexity index is 206. The van der Waals surface area contributed by atoms with Crippen molar-refractivity contribution in [1.29, 1.82) is 0 Å². The fourth-order valence-corrected chi connectivity index (χ4v) is 1.85. The van der Waals surface area contributed by atoms with Gasteiger partial charge in [0.05, 0.1) is 12.5 Å². The number of hydrogen-bond donors (Lipinski definition) is 1. The van der Waals surface area contributed by atoms with E-state index in [2.05, 4.69) is 5.32 Å². The van der Waals surface area contributed by atoms with Crippen LogP contribution in [0.3, 0.4) is 0 Å². The lowest BCUT2D eigenvalue weighted by molar-refractivity contribution is -0.136. The predicted molar refractivity (Wildman–Crippen MR) is 53.9 cm³/mol. The monoisotopic (exact) mass is 220 g/mol. The molecule has 1 N–H and O–H groups in total. The van der Waals surface area contributed by atoms with E-state index in [9.17, 15) is 13.6 Å². The highest BCUT2D eigenvalue weighted by molar-refractivity contribution is 5.79. The highest BCUT2D eigenvalue weighted by Crippen LogP contribution is 2.13. The number of nitrogens with one attached hydrogen (secondary N) is 1. The Balaban J connectivity index is 2.49. The van der Waals surface area contributed by atoms with Crippen molar-refractivity contribution in [1.82, 2.24) is 10.2 Å². The molecule has 5 heteroatoms. The third-order valence-corrected chi connectivity index (χ3v) is 2.57. The molecule has 1 aliphatic rings. The van der Waals surface area contributed by atoms with Crippen LogP contribution in [0.4, 0.5) is 8.78 Å². The standard InChI is InChI=1S/C10H18F2N2O/c1-2-5-14(7-9(11)12)10(15)8-3-4-13-6-8/h8-9,13H,2-7H2,1H3/t8-/m0/s1. The van der Waals surface area contributed by atoms with Crippen molar-refractivity contribution in [3.05, 3.63) is 0 Å². The first-order valence-electron chi connectivity index (χ1n) is 5.42. The highest BCUT2D eigenvalue weighted by atomic mass is 19.3. The molecule has 0 aromatic carbocycles. The maximum absolute atomic E-state index is 12.2. The van der Waals surface area contributed by atoms with Crippen LogP contribution < -0.4 is 5.32 Å². The average molecular weight is 220 g/mol. The smallest absolute Gasteiger partial charge is 0.255 e. The number of alkyl halides is 2. The molecule has 0 aromatic heterocycles. The van der Waals surface area contributed by atoms with Gasteiger partial charge in [0.15, 0.2) is 0 Å². The molecule has 15 heavy (non-hydrogen) atoms. The number of rotatable bonds is 5. The van der Waals surface area contributed by atoms with Crippen LogP contribution in [0, 0.1) is 5.92 Å². The Kier molecular flexibility index (Phi) is 4.94. The summed E-state index contributed by atoms with van der Waals surface area (Å²) in [6.45, 7) is 3.33. The van der Waals surface area contributed by atoms with E-state index in [1.54, 1.807) is 0 Å². The van der Waals surface area contributed by atoms with Crippen LogP contribution in [0.1, 0.15) is 19.8 Å². The van der Waals surface area contributed by atoms with Gasteiger partial charge in [-0.25, -0.2) is 8.78 Å². The second kappa shape index (κ2) is 6.00. The lowest BCUT2D eigenvalue weighted by Gasteiger charge is -2.24. The van der Waals surface area contributed by atoms with Crippen LogP contribution in [0.15, 0.2) is 0 Å². The molecule has 0 unspecified atom stereocenters. The minimum absolute atomic E-state index is 0.102. The fourth-order valence-electron chi connectivity index (χ4n) is 1.85. The van der Waals surface area contributed by atoms with Gasteiger partial charge in [0, 0.05) is 13.1 Å². The van der Waals surface area contributed by atoms with E-state index in [1.165, 1.54) is 4.90 Å². The third-order valence-electron chi connectivity index (χ3n) is 2.57. The molecule has 1 aliphatic heterocycles. The number of carbonyl (C=O) groups is 1. The molecule has 0 saturated carbocycles. The summed E-state index contributed by atoms with van der Waals surface area (Å²) in [5, 5.41) is 3.07. The number of amides is 1. The summed E-state index contributed by atoms with van der Waals surface area (Å²) in [6, 6.07) is 0. The van der Waals surface area contributed by atoms with Crippen LogP contribution in [0.2, 0.25) is 0 Å². The van der Waals surface area contributed by atoms with Crippen molar-refractivity contribution in [2.75, 3.05) is 26.2 Å². The number of hydrogen-bond acceptors (Lipinski definition) is 2. The minimum atomic E-state index is -2.44. The van der Waals surface area contributed by atoms with Gasteiger partial charge in [-0.3, -0.25) is 4.79 Å². The van der Waals surface area contributed by atoms with E-state index >= 15 is 0 Å². The van der Waals surface area contributed by atoms with Gasteiger partial charge < -0.3 is 10.2 Å². The van der Waals surface area contributed by atoms with Gasteiger partial charge in [-0.2, -0.15) is 0 Å². The molecule has 1 heterocycles. The zero-order valence-electron chi connectivity index (χ0n) is 9.01. The lowest BCUT2D eigenvalue weighted by Crippen LogP contribution is -2.40. The Morgan fingerprint density at radius 2 is 2.33 bits per heavy atom. The molecular formula is C10H18F2N2O. The normalized spacial score (nSPS) is 20.9. The van der Waals surface area contributed by atoms with Gasteiger partial charge in [-0.1, -0.05) is 6.92 Å². The largest absolute Gasteiger partial charge is 0.337 e. The summed E-state index contributed by atoms with van der Waals surface area (Å²) in [5.41, 5.74) is 0. The number of nitrogens with zero attached hydrogens (tertiary/aromatic N) is 1. The lowest BCUT2D eigenvalue weighted by atomic mass is 10.1. The molecule has 3 nitrogen and oxygen atoms in total. The molecular weight excluding hydrogens is 202 g/mol. The third kappa shape index (κ3) is 3.74. The van der Waals surface area contributed by atoms with Gasteiger partial charge >= 0.3 is 0 Å². The molecule has 1 saturated heterocycles. The van der Waals surface area contributed by atoms with Crippen molar-refractivity contribution in [2.45, 2.75) is 26.2 Å². The second-order valence-electron chi connectivity index (χ2n) is 3.87. The summed E-state index contributed by atoms with van der Waals surface area (Å²) in [7, 11) is 0. The quantitative estimate of drug-likeness (QED) is 0.752. The van der Waals surface area contributed by atoms with Crippen molar-refractivity contribution < 1.29 is 13.6 Å². The molecule has 0 spiro atoms. The Morgan fingerprint density at radius 3 is 2.80 bits per heavy atom. The Hall–Kier alpha value is -0.710. The summed E-state index contributed by atoms with van der Waals surface area (Å²) in [5.74, 6) is -0.225. The van der Waals surface area contributed by atoms with E-state index in [4.69, 9.17) is 0 Å². The molecule has 0 bridgehead atoms. The van der Waals surface area contributed by atoms with E-state index in [0.717, 1.165) is 19.4 Å². The molecule has 88 valence electrons. The van der Waals surface area contributed by atoms with Gasteiger partial charge in [-0.15, -0.1) is 0 Å². The van der Waals surface area contributed by atoms with E-state index in [1.807, 2.05) is 6.92 Å². The van der Waals surface area contributed by atoms with Crippen molar-refractivity contribution in [3.8, 4) is 0 Å². The minimum Gasteiger partial charge on any atom is -0.337 e. The first-order valence-corrected chi connectivity index (χ1v) is 5.42. The van der Waals surface area contributed by atoms with Crippen LogP contribution in [0.5, 0.6) is 0 Å². The Labute approximate surface area is 88.8 Å². The van der Waals surface area contributed by atoms with Crippen LogP contribution in [-0.4, -0.2) is 43.4 Å². The van der Waals surface area contributed by atoms with Gasteiger partial charge in [0.25, 0.3) is 6.43 Å².